The van der Waals surface area contributed by atoms with Crippen LogP contribution in [-0.4, -0.2) is 22.5 Å². The minimum Gasteiger partial charge on any atom is -0.311 e. The van der Waals surface area contributed by atoms with Crippen LogP contribution in [0.2, 0.25) is 0 Å². The van der Waals surface area contributed by atoms with Gasteiger partial charge in [-0.15, -0.1) is 0 Å². The minimum absolute atomic E-state index is 0.515. The maximum Gasteiger partial charge on any atom is 0.0346 e. The lowest BCUT2D eigenvalue weighted by Crippen LogP contribution is -2.43. The van der Waals surface area contributed by atoms with Crippen molar-refractivity contribution in [3.63, 3.8) is 0 Å². The van der Waals surface area contributed by atoms with Gasteiger partial charge in [-0.3, -0.25) is 4.98 Å². The fourth-order valence-electron chi connectivity index (χ4n) is 2.70. The van der Waals surface area contributed by atoms with E-state index in [9.17, 15) is 0 Å². The number of nitrogens with zero attached hydrogens (tertiary/aromatic N) is 1. The Morgan fingerprint density at radius 3 is 2.89 bits per heavy atom. The van der Waals surface area contributed by atoms with Gasteiger partial charge in [0.15, 0.2) is 0 Å². The highest BCUT2D eigenvalue weighted by atomic mass is 32.2. The molecule has 0 atom stereocenters. The molecule has 3 rings (SSSR count). The van der Waals surface area contributed by atoms with Crippen molar-refractivity contribution in [2.75, 3.05) is 12.8 Å². The maximum absolute atomic E-state index is 4.15. The summed E-state index contributed by atoms with van der Waals surface area (Å²) >= 11 is 2.03. The second-order valence-electron chi connectivity index (χ2n) is 5.40. The van der Waals surface area contributed by atoms with Crippen LogP contribution in [0.4, 0.5) is 0 Å². The van der Waals surface area contributed by atoms with Gasteiger partial charge in [-0.2, -0.15) is 11.8 Å². The molecule has 1 aliphatic carbocycles. The second-order valence-corrected chi connectivity index (χ2v) is 6.68. The fourth-order valence-corrected chi connectivity index (χ4v) is 3.64. The molecule has 19 heavy (non-hydrogen) atoms. The lowest BCUT2D eigenvalue weighted by atomic mass is 9.84. The van der Waals surface area contributed by atoms with Crippen LogP contribution in [0.25, 0.3) is 10.8 Å². The Bertz CT molecular complexity index is 558. The van der Waals surface area contributed by atoms with Crippen molar-refractivity contribution in [3.8, 4) is 0 Å². The zero-order valence-corrected chi connectivity index (χ0v) is 12.2. The molecule has 1 fully saturated rings. The van der Waals surface area contributed by atoms with Crippen molar-refractivity contribution in [3.05, 3.63) is 42.2 Å². The number of aromatic nitrogens is 1. The van der Waals surface area contributed by atoms with Crippen LogP contribution in [0.15, 0.2) is 36.7 Å². The molecular weight excluding hydrogens is 252 g/mol. The summed E-state index contributed by atoms with van der Waals surface area (Å²) in [5.74, 6) is 0. The first-order valence-corrected chi connectivity index (χ1v) is 8.12. The van der Waals surface area contributed by atoms with E-state index < -0.39 is 0 Å². The van der Waals surface area contributed by atoms with Crippen molar-refractivity contribution < 1.29 is 0 Å². The topological polar surface area (TPSA) is 24.9 Å². The van der Waals surface area contributed by atoms with Crippen LogP contribution < -0.4 is 5.32 Å². The van der Waals surface area contributed by atoms with Crippen molar-refractivity contribution >= 4 is 22.5 Å². The molecule has 0 spiro atoms. The number of hydrogen-bond acceptors (Lipinski definition) is 3. The highest BCUT2D eigenvalue weighted by Crippen LogP contribution is 2.42. The van der Waals surface area contributed by atoms with Gasteiger partial charge < -0.3 is 5.32 Å². The third-order valence-corrected chi connectivity index (χ3v) is 5.60. The van der Waals surface area contributed by atoms with Gasteiger partial charge in [0.25, 0.3) is 0 Å². The molecule has 2 nitrogen and oxygen atoms in total. The zero-order valence-electron chi connectivity index (χ0n) is 11.4. The van der Waals surface area contributed by atoms with Gasteiger partial charge in [0.2, 0.25) is 0 Å². The summed E-state index contributed by atoms with van der Waals surface area (Å²) < 4.78 is 0.515. The Morgan fingerprint density at radius 1 is 1.26 bits per heavy atom. The normalized spacial score (nSPS) is 17.3. The van der Waals surface area contributed by atoms with Gasteiger partial charge in [0.1, 0.15) is 0 Å². The Balaban J connectivity index is 1.62. The summed E-state index contributed by atoms with van der Waals surface area (Å²) in [5, 5.41) is 6.11. The first kappa shape index (κ1) is 12.9. The molecule has 1 saturated carbocycles. The highest BCUT2D eigenvalue weighted by Gasteiger charge is 2.35. The molecule has 1 aromatic heterocycles. The molecule has 3 heteroatoms. The molecule has 1 N–H and O–H groups in total. The number of fused-ring (bicyclic) bond motifs is 1. The van der Waals surface area contributed by atoms with E-state index in [1.807, 2.05) is 24.2 Å². The molecular formula is C16H20N2S. The molecule has 1 heterocycles. The van der Waals surface area contributed by atoms with Gasteiger partial charge in [0, 0.05) is 35.6 Å². The Kier molecular flexibility index (Phi) is 3.76. The van der Waals surface area contributed by atoms with E-state index >= 15 is 0 Å². The molecule has 0 amide bonds. The molecule has 100 valence electrons. The fraction of sp³-hybridized carbons (Fsp3) is 0.438. The summed E-state index contributed by atoms with van der Waals surface area (Å²) in [4.78, 5) is 4.15. The van der Waals surface area contributed by atoms with E-state index in [0.717, 1.165) is 13.1 Å². The average Bonchev–Trinajstić information content (AvgIpc) is 2.42. The summed E-state index contributed by atoms with van der Waals surface area (Å²) in [6.07, 6.45) is 10.1. The van der Waals surface area contributed by atoms with Crippen LogP contribution in [0.5, 0.6) is 0 Å². The van der Waals surface area contributed by atoms with E-state index in [2.05, 4.69) is 40.8 Å². The van der Waals surface area contributed by atoms with Gasteiger partial charge in [0.05, 0.1) is 0 Å². The molecule has 1 aromatic carbocycles. The smallest absolute Gasteiger partial charge is 0.0346 e. The van der Waals surface area contributed by atoms with Gasteiger partial charge in [-0.1, -0.05) is 18.6 Å². The quantitative estimate of drug-likeness (QED) is 0.900. The number of benzene rings is 1. The predicted molar refractivity (Wildman–Crippen MR) is 83.5 cm³/mol. The van der Waals surface area contributed by atoms with Crippen LogP contribution in [-0.2, 0) is 6.54 Å². The third-order valence-electron chi connectivity index (χ3n) is 4.18. The lowest BCUT2D eigenvalue weighted by molar-refractivity contribution is 0.345. The molecule has 1 aliphatic rings. The first-order valence-electron chi connectivity index (χ1n) is 6.90. The van der Waals surface area contributed by atoms with Crippen LogP contribution in [0, 0.1) is 0 Å². The number of hydrogen-bond donors (Lipinski definition) is 1. The van der Waals surface area contributed by atoms with Crippen LogP contribution in [0.1, 0.15) is 24.8 Å². The minimum atomic E-state index is 0.515. The van der Waals surface area contributed by atoms with Gasteiger partial charge in [-0.25, -0.2) is 0 Å². The average molecular weight is 272 g/mol. The Hall–Kier alpha value is -1.06. The summed E-state index contributed by atoms with van der Waals surface area (Å²) in [7, 11) is 0. The maximum atomic E-state index is 4.15. The first-order chi connectivity index (χ1) is 9.31. The van der Waals surface area contributed by atoms with Gasteiger partial charge >= 0.3 is 0 Å². The summed E-state index contributed by atoms with van der Waals surface area (Å²) in [6.45, 7) is 2.09. The summed E-state index contributed by atoms with van der Waals surface area (Å²) in [6, 6.07) is 8.70. The van der Waals surface area contributed by atoms with E-state index in [4.69, 9.17) is 0 Å². The highest BCUT2D eigenvalue weighted by molar-refractivity contribution is 8.00. The number of rotatable bonds is 5. The predicted octanol–water partition coefficient (Wildman–Crippen LogP) is 3.61. The second kappa shape index (κ2) is 5.51. The molecule has 0 aliphatic heterocycles. The standard InChI is InChI=1S/C16H20N2S/c1-19-16(6-2-7-16)12-18-10-13-3-4-15-11-17-8-5-14(15)9-13/h3-5,8-9,11,18H,2,6-7,10,12H2,1H3. The SMILES string of the molecule is CSC1(CNCc2ccc3cnccc3c2)CCC1. The number of pyridine rings is 1. The lowest BCUT2D eigenvalue weighted by Gasteiger charge is -2.40. The van der Waals surface area contributed by atoms with E-state index in [0.29, 0.717) is 4.75 Å². The summed E-state index contributed by atoms with van der Waals surface area (Å²) in [5.41, 5.74) is 1.36. The molecule has 0 radical (unpaired) electrons. The molecule has 0 saturated heterocycles. The van der Waals surface area contributed by atoms with E-state index in [1.165, 1.54) is 35.6 Å². The van der Waals surface area contributed by atoms with E-state index in [1.54, 1.807) is 0 Å². The third kappa shape index (κ3) is 2.77. The van der Waals surface area contributed by atoms with Crippen LogP contribution >= 0.6 is 11.8 Å². The molecule has 0 bridgehead atoms. The van der Waals surface area contributed by atoms with Crippen molar-refractivity contribution in [2.24, 2.45) is 0 Å². The van der Waals surface area contributed by atoms with Crippen molar-refractivity contribution in [1.29, 1.82) is 0 Å². The zero-order chi connectivity index (χ0) is 13.1. The largest absolute Gasteiger partial charge is 0.311 e. The van der Waals surface area contributed by atoms with E-state index in [-0.39, 0.29) is 0 Å². The van der Waals surface area contributed by atoms with Crippen LogP contribution in [0.3, 0.4) is 0 Å². The monoisotopic (exact) mass is 272 g/mol. The molecule has 0 unspecified atom stereocenters. The number of nitrogens with one attached hydrogen (secondary N) is 1. The van der Waals surface area contributed by atoms with Crippen molar-refractivity contribution in [2.45, 2.75) is 30.6 Å². The Labute approximate surface area is 119 Å². The van der Waals surface area contributed by atoms with Crippen molar-refractivity contribution in [1.82, 2.24) is 10.3 Å². The van der Waals surface area contributed by atoms with Gasteiger partial charge in [-0.05, 0) is 42.2 Å². The number of thioether (sulfide) groups is 1. The Morgan fingerprint density at radius 2 is 2.16 bits per heavy atom. The molecule has 2 aromatic rings.